The van der Waals surface area contributed by atoms with E-state index in [-0.39, 0.29) is 23.5 Å². The van der Waals surface area contributed by atoms with Gasteiger partial charge in [0.2, 0.25) is 5.91 Å². The SMILES string of the molecule is CC(C)(N)CCC(=O)NCC1CCCC1O. The molecule has 0 aromatic heterocycles. The van der Waals surface area contributed by atoms with Crippen LogP contribution in [-0.4, -0.2) is 29.2 Å². The third-order valence-corrected chi connectivity index (χ3v) is 3.18. The van der Waals surface area contributed by atoms with Gasteiger partial charge in [-0.3, -0.25) is 4.79 Å². The van der Waals surface area contributed by atoms with Crippen LogP contribution in [0.2, 0.25) is 0 Å². The van der Waals surface area contributed by atoms with Gasteiger partial charge in [-0.25, -0.2) is 0 Å². The summed E-state index contributed by atoms with van der Waals surface area (Å²) < 4.78 is 0. The number of hydrogen-bond donors (Lipinski definition) is 3. The minimum atomic E-state index is -0.287. The van der Waals surface area contributed by atoms with Crippen molar-refractivity contribution in [2.75, 3.05) is 6.54 Å². The molecule has 1 saturated carbocycles. The number of hydrogen-bond acceptors (Lipinski definition) is 3. The molecule has 16 heavy (non-hydrogen) atoms. The average molecular weight is 228 g/mol. The molecule has 0 aromatic rings. The van der Waals surface area contributed by atoms with E-state index >= 15 is 0 Å². The molecule has 1 amide bonds. The summed E-state index contributed by atoms with van der Waals surface area (Å²) in [5, 5.41) is 12.5. The molecule has 1 fully saturated rings. The highest BCUT2D eigenvalue weighted by molar-refractivity contribution is 5.75. The first-order valence-corrected chi connectivity index (χ1v) is 6.12. The standard InChI is InChI=1S/C12H24N2O2/c1-12(2,13)7-6-11(16)14-8-9-4-3-5-10(9)15/h9-10,15H,3-8,13H2,1-2H3,(H,14,16). The van der Waals surface area contributed by atoms with Crippen LogP contribution in [-0.2, 0) is 4.79 Å². The maximum atomic E-state index is 11.5. The number of carbonyl (C=O) groups is 1. The Morgan fingerprint density at radius 3 is 2.69 bits per heavy atom. The van der Waals surface area contributed by atoms with Gasteiger partial charge in [0.25, 0.3) is 0 Å². The van der Waals surface area contributed by atoms with Crippen LogP contribution in [0, 0.1) is 5.92 Å². The summed E-state index contributed by atoms with van der Waals surface area (Å²) in [7, 11) is 0. The quantitative estimate of drug-likeness (QED) is 0.651. The van der Waals surface area contributed by atoms with Crippen molar-refractivity contribution >= 4 is 5.91 Å². The summed E-state index contributed by atoms with van der Waals surface area (Å²) in [5.41, 5.74) is 5.52. The van der Waals surface area contributed by atoms with Crippen molar-refractivity contribution in [2.24, 2.45) is 11.7 Å². The Morgan fingerprint density at radius 2 is 2.19 bits per heavy atom. The zero-order valence-electron chi connectivity index (χ0n) is 10.3. The fourth-order valence-electron chi connectivity index (χ4n) is 2.02. The van der Waals surface area contributed by atoms with Gasteiger partial charge in [-0.05, 0) is 33.1 Å². The van der Waals surface area contributed by atoms with Gasteiger partial charge < -0.3 is 16.2 Å². The molecule has 1 aliphatic rings. The molecule has 1 rings (SSSR count). The second-order valence-electron chi connectivity index (χ2n) is 5.55. The predicted molar refractivity (Wildman–Crippen MR) is 63.9 cm³/mol. The summed E-state index contributed by atoms with van der Waals surface area (Å²) in [6.07, 6.45) is 3.88. The van der Waals surface area contributed by atoms with Crippen LogP contribution >= 0.6 is 0 Å². The highest BCUT2D eigenvalue weighted by atomic mass is 16.3. The molecular weight excluding hydrogens is 204 g/mol. The molecule has 4 heteroatoms. The summed E-state index contributed by atoms with van der Waals surface area (Å²) in [6, 6.07) is 0. The van der Waals surface area contributed by atoms with Crippen LogP contribution in [0.1, 0.15) is 46.0 Å². The van der Waals surface area contributed by atoms with Gasteiger partial charge >= 0.3 is 0 Å². The minimum Gasteiger partial charge on any atom is -0.393 e. The topological polar surface area (TPSA) is 75.4 Å². The summed E-state index contributed by atoms with van der Waals surface area (Å²) in [6.45, 7) is 4.44. The number of aliphatic hydroxyl groups excluding tert-OH is 1. The van der Waals surface area contributed by atoms with Gasteiger partial charge in [0, 0.05) is 24.4 Å². The first kappa shape index (κ1) is 13.5. The van der Waals surface area contributed by atoms with Crippen molar-refractivity contribution in [3.05, 3.63) is 0 Å². The molecule has 0 aromatic carbocycles. The fraction of sp³-hybridized carbons (Fsp3) is 0.917. The lowest BCUT2D eigenvalue weighted by molar-refractivity contribution is -0.121. The molecule has 1 aliphatic carbocycles. The van der Waals surface area contributed by atoms with Crippen molar-refractivity contribution in [1.82, 2.24) is 5.32 Å². The van der Waals surface area contributed by atoms with E-state index in [1.807, 2.05) is 13.8 Å². The van der Waals surface area contributed by atoms with Crippen molar-refractivity contribution < 1.29 is 9.90 Å². The molecule has 0 spiro atoms. The van der Waals surface area contributed by atoms with Crippen molar-refractivity contribution in [3.63, 3.8) is 0 Å². The van der Waals surface area contributed by atoms with Crippen LogP contribution in [0.3, 0.4) is 0 Å². The summed E-state index contributed by atoms with van der Waals surface area (Å²) in [5.74, 6) is 0.285. The lowest BCUT2D eigenvalue weighted by Crippen LogP contribution is -2.36. The van der Waals surface area contributed by atoms with E-state index in [1.165, 1.54) is 0 Å². The molecule has 0 aliphatic heterocycles. The second-order valence-corrected chi connectivity index (χ2v) is 5.55. The fourth-order valence-corrected chi connectivity index (χ4v) is 2.02. The van der Waals surface area contributed by atoms with Crippen LogP contribution in [0.4, 0.5) is 0 Å². The maximum absolute atomic E-state index is 11.5. The Labute approximate surface area is 97.6 Å². The Bertz CT molecular complexity index is 236. The van der Waals surface area contributed by atoms with E-state index in [4.69, 9.17) is 5.73 Å². The van der Waals surface area contributed by atoms with Crippen LogP contribution in [0.25, 0.3) is 0 Å². The van der Waals surface area contributed by atoms with Gasteiger partial charge in [0.05, 0.1) is 6.10 Å². The number of nitrogens with one attached hydrogen (secondary N) is 1. The monoisotopic (exact) mass is 228 g/mol. The number of amides is 1. The van der Waals surface area contributed by atoms with Crippen molar-refractivity contribution in [2.45, 2.75) is 57.6 Å². The Balaban J connectivity index is 2.15. The van der Waals surface area contributed by atoms with Crippen LogP contribution in [0.15, 0.2) is 0 Å². The highest BCUT2D eigenvalue weighted by Crippen LogP contribution is 2.24. The molecule has 2 atom stereocenters. The first-order chi connectivity index (χ1) is 7.38. The molecule has 4 nitrogen and oxygen atoms in total. The lowest BCUT2D eigenvalue weighted by Gasteiger charge is -2.19. The van der Waals surface area contributed by atoms with E-state index in [9.17, 15) is 9.90 Å². The van der Waals surface area contributed by atoms with E-state index < -0.39 is 0 Å². The number of carbonyl (C=O) groups excluding carboxylic acids is 1. The normalized spacial score (nSPS) is 25.8. The van der Waals surface area contributed by atoms with Gasteiger partial charge in [-0.2, -0.15) is 0 Å². The van der Waals surface area contributed by atoms with Crippen LogP contribution in [0.5, 0.6) is 0 Å². The molecule has 0 radical (unpaired) electrons. The molecule has 0 bridgehead atoms. The predicted octanol–water partition coefficient (Wildman–Crippen LogP) is 0.781. The zero-order chi connectivity index (χ0) is 12.2. The van der Waals surface area contributed by atoms with E-state index in [1.54, 1.807) is 0 Å². The van der Waals surface area contributed by atoms with E-state index in [2.05, 4.69) is 5.32 Å². The molecule has 94 valence electrons. The van der Waals surface area contributed by atoms with Crippen molar-refractivity contribution in [3.8, 4) is 0 Å². The first-order valence-electron chi connectivity index (χ1n) is 6.12. The Kier molecular flexibility index (Phi) is 4.74. The molecule has 4 N–H and O–H groups in total. The van der Waals surface area contributed by atoms with Crippen LogP contribution < -0.4 is 11.1 Å². The molecule has 0 saturated heterocycles. The molecule has 0 heterocycles. The van der Waals surface area contributed by atoms with Crippen molar-refractivity contribution in [1.29, 1.82) is 0 Å². The zero-order valence-corrected chi connectivity index (χ0v) is 10.3. The van der Waals surface area contributed by atoms with Gasteiger partial charge in [0.15, 0.2) is 0 Å². The number of nitrogens with two attached hydrogens (primary N) is 1. The summed E-state index contributed by atoms with van der Waals surface area (Å²) in [4.78, 5) is 11.5. The van der Waals surface area contributed by atoms with E-state index in [0.717, 1.165) is 19.3 Å². The molecule has 2 unspecified atom stereocenters. The third kappa shape index (κ3) is 4.94. The maximum Gasteiger partial charge on any atom is 0.220 e. The molecular formula is C12H24N2O2. The number of rotatable bonds is 5. The van der Waals surface area contributed by atoms with Gasteiger partial charge in [0.1, 0.15) is 0 Å². The summed E-state index contributed by atoms with van der Waals surface area (Å²) >= 11 is 0. The Morgan fingerprint density at radius 1 is 1.50 bits per heavy atom. The van der Waals surface area contributed by atoms with Gasteiger partial charge in [-0.15, -0.1) is 0 Å². The lowest BCUT2D eigenvalue weighted by atomic mass is 10.00. The number of aliphatic hydroxyl groups is 1. The highest BCUT2D eigenvalue weighted by Gasteiger charge is 2.25. The average Bonchev–Trinajstić information content (AvgIpc) is 2.57. The second kappa shape index (κ2) is 5.64. The Hall–Kier alpha value is -0.610. The van der Waals surface area contributed by atoms with E-state index in [0.29, 0.717) is 19.4 Å². The van der Waals surface area contributed by atoms with Gasteiger partial charge in [-0.1, -0.05) is 6.42 Å². The minimum absolute atomic E-state index is 0.0395. The largest absolute Gasteiger partial charge is 0.393 e. The smallest absolute Gasteiger partial charge is 0.220 e. The third-order valence-electron chi connectivity index (χ3n) is 3.18.